The Bertz CT molecular complexity index is 199. The average molecular weight is 198 g/mol. The van der Waals surface area contributed by atoms with Crippen molar-refractivity contribution in [3.8, 4) is 0 Å². The maximum Gasteiger partial charge on any atom is 0.234 e. The lowest BCUT2D eigenvalue weighted by Gasteiger charge is -2.23. The minimum absolute atomic E-state index is 0.143. The molecule has 14 heavy (non-hydrogen) atoms. The predicted molar refractivity (Wildman–Crippen MR) is 59.9 cm³/mol. The molecule has 0 saturated heterocycles. The Kier molecular flexibility index (Phi) is 6.21. The lowest BCUT2D eigenvalue weighted by Crippen LogP contribution is -2.41. The highest BCUT2D eigenvalue weighted by atomic mass is 16.1. The highest BCUT2D eigenvalue weighted by Crippen LogP contribution is 2.13. The van der Waals surface area contributed by atoms with Gasteiger partial charge < -0.3 is 5.73 Å². The van der Waals surface area contributed by atoms with E-state index in [2.05, 4.69) is 13.0 Å². The number of allylic oxidation sites excluding steroid dienone is 2. The van der Waals surface area contributed by atoms with Gasteiger partial charge in [0, 0.05) is 0 Å². The first-order valence-corrected chi connectivity index (χ1v) is 5.06. The van der Waals surface area contributed by atoms with Gasteiger partial charge in [-0.3, -0.25) is 9.69 Å². The SMILES string of the molecule is CC=CCC(C)CC(C(N)=O)N(C)C. The Hall–Kier alpha value is -0.830. The van der Waals surface area contributed by atoms with E-state index in [4.69, 9.17) is 5.73 Å². The molecular weight excluding hydrogens is 176 g/mol. The Morgan fingerprint density at radius 1 is 1.50 bits per heavy atom. The number of nitrogens with two attached hydrogens (primary N) is 1. The van der Waals surface area contributed by atoms with Crippen LogP contribution in [0.3, 0.4) is 0 Å². The minimum Gasteiger partial charge on any atom is -0.368 e. The van der Waals surface area contributed by atoms with Crippen molar-refractivity contribution in [2.24, 2.45) is 11.7 Å². The second-order valence-corrected chi connectivity index (χ2v) is 4.03. The third kappa shape index (κ3) is 5.02. The molecule has 1 amide bonds. The number of rotatable bonds is 6. The molecule has 0 spiro atoms. The van der Waals surface area contributed by atoms with E-state index in [9.17, 15) is 4.79 Å². The highest BCUT2D eigenvalue weighted by Gasteiger charge is 2.19. The van der Waals surface area contributed by atoms with Crippen molar-refractivity contribution in [2.75, 3.05) is 14.1 Å². The molecule has 3 heteroatoms. The summed E-state index contributed by atoms with van der Waals surface area (Å²) >= 11 is 0. The molecule has 0 aliphatic rings. The number of amides is 1. The molecule has 0 saturated carbocycles. The molecule has 2 unspecified atom stereocenters. The fraction of sp³-hybridized carbons (Fsp3) is 0.727. The van der Waals surface area contributed by atoms with Crippen LogP contribution in [0.25, 0.3) is 0 Å². The van der Waals surface area contributed by atoms with E-state index < -0.39 is 0 Å². The van der Waals surface area contributed by atoms with E-state index in [1.54, 1.807) is 0 Å². The third-order valence-corrected chi connectivity index (χ3v) is 2.35. The van der Waals surface area contributed by atoms with Crippen molar-refractivity contribution < 1.29 is 4.79 Å². The molecule has 0 bridgehead atoms. The maximum atomic E-state index is 11.1. The van der Waals surface area contributed by atoms with Gasteiger partial charge in [-0.25, -0.2) is 0 Å². The molecule has 0 aromatic rings. The molecule has 3 nitrogen and oxygen atoms in total. The zero-order valence-electron chi connectivity index (χ0n) is 9.66. The Labute approximate surface area is 87.0 Å². The Balaban J connectivity index is 4.09. The summed E-state index contributed by atoms with van der Waals surface area (Å²) in [5, 5.41) is 0. The summed E-state index contributed by atoms with van der Waals surface area (Å²) in [5.74, 6) is 0.258. The van der Waals surface area contributed by atoms with E-state index in [1.807, 2.05) is 32.0 Å². The van der Waals surface area contributed by atoms with Crippen LogP contribution in [0, 0.1) is 5.92 Å². The first kappa shape index (κ1) is 13.2. The fourth-order valence-electron chi connectivity index (χ4n) is 1.43. The lowest BCUT2D eigenvalue weighted by atomic mass is 9.97. The average Bonchev–Trinajstić information content (AvgIpc) is 2.09. The van der Waals surface area contributed by atoms with Crippen molar-refractivity contribution in [3.05, 3.63) is 12.2 Å². The summed E-state index contributed by atoms with van der Waals surface area (Å²) in [6.07, 6.45) is 5.99. The van der Waals surface area contributed by atoms with Crippen LogP contribution in [0.15, 0.2) is 12.2 Å². The van der Waals surface area contributed by atoms with E-state index in [-0.39, 0.29) is 11.9 Å². The summed E-state index contributed by atoms with van der Waals surface area (Å²) in [4.78, 5) is 13.0. The second-order valence-electron chi connectivity index (χ2n) is 4.03. The summed E-state index contributed by atoms with van der Waals surface area (Å²) in [6.45, 7) is 4.14. The molecule has 2 atom stereocenters. The van der Waals surface area contributed by atoms with Gasteiger partial charge in [-0.05, 0) is 39.8 Å². The topological polar surface area (TPSA) is 46.3 Å². The van der Waals surface area contributed by atoms with Gasteiger partial charge in [0.05, 0.1) is 6.04 Å². The summed E-state index contributed by atoms with van der Waals surface area (Å²) < 4.78 is 0. The van der Waals surface area contributed by atoms with E-state index in [1.165, 1.54) is 0 Å². The standard InChI is InChI=1S/C11H22N2O/c1-5-6-7-9(2)8-10(11(12)14)13(3)4/h5-6,9-10H,7-8H2,1-4H3,(H2,12,14). The van der Waals surface area contributed by atoms with Crippen LogP contribution in [0.4, 0.5) is 0 Å². The number of nitrogens with zero attached hydrogens (tertiary/aromatic N) is 1. The van der Waals surface area contributed by atoms with Crippen molar-refractivity contribution in [1.82, 2.24) is 4.90 Å². The van der Waals surface area contributed by atoms with Gasteiger partial charge >= 0.3 is 0 Å². The monoisotopic (exact) mass is 198 g/mol. The molecule has 0 aliphatic heterocycles. The van der Waals surface area contributed by atoms with E-state index in [0.717, 1.165) is 12.8 Å². The van der Waals surface area contributed by atoms with E-state index >= 15 is 0 Å². The molecule has 0 aromatic carbocycles. The zero-order valence-corrected chi connectivity index (χ0v) is 9.66. The molecule has 0 radical (unpaired) electrons. The van der Waals surface area contributed by atoms with E-state index in [0.29, 0.717) is 5.92 Å². The second kappa shape index (κ2) is 6.60. The number of hydrogen-bond donors (Lipinski definition) is 1. The molecule has 0 rings (SSSR count). The molecule has 0 heterocycles. The maximum absolute atomic E-state index is 11.1. The minimum atomic E-state index is -0.234. The van der Waals surface area contributed by atoms with Crippen LogP contribution in [-0.4, -0.2) is 30.9 Å². The van der Waals surface area contributed by atoms with Gasteiger partial charge in [-0.15, -0.1) is 0 Å². The summed E-state index contributed by atoms with van der Waals surface area (Å²) in [6, 6.07) is -0.143. The van der Waals surface area contributed by atoms with Gasteiger partial charge in [0.2, 0.25) is 5.91 Å². The highest BCUT2D eigenvalue weighted by molar-refractivity contribution is 5.79. The van der Waals surface area contributed by atoms with Gasteiger partial charge in [0.15, 0.2) is 0 Å². The Morgan fingerprint density at radius 3 is 2.43 bits per heavy atom. The molecule has 0 aliphatic carbocycles. The summed E-state index contributed by atoms with van der Waals surface area (Å²) in [7, 11) is 3.77. The van der Waals surface area contributed by atoms with Crippen molar-refractivity contribution in [1.29, 1.82) is 0 Å². The number of carbonyl (C=O) groups excluding carboxylic acids is 1. The third-order valence-electron chi connectivity index (χ3n) is 2.35. The first-order valence-electron chi connectivity index (χ1n) is 5.06. The first-order chi connectivity index (χ1) is 6.49. The normalized spacial score (nSPS) is 16.1. The van der Waals surface area contributed by atoms with Crippen molar-refractivity contribution in [2.45, 2.75) is 32.7 Å². The number of primary amides is 1. The van der Waals surface area contributed by atoms with Crippen LogP contribution in [0.2, 0.25) is 0 Å². The molecule has 2 N–H and O–H groups in total. The fourth-order valence-corrected chi connectivity index (χ4v) is 1.43. The van der Waals surface area contributed by atoms with Crippen LogP contribution in [-0.2, 0) is 4.79 Å². The predicted octanol–water partition coefficient (Wildman–Crippen LogP) is 1.39. The summed E-state index contributed by atoms with van der Waals surface area (Å²) in [5.41, 5.74) is 5.32. The van der Waals surface area contributed by atoms with Crippen molar-refractivity contribution >= 4 is 5.91 Å². The van der Waals surface area contributed by atoms with Crippen molar-refractivity contribution in [3.63, 3.8) is 0 Å². The van der Waals surface area contributed by atoms with Crippen LogP contribution >= 0.6 is 0 Å². The van der Waals surface area contributed by atoms with Gasteiger partial charge in [0.25, 0.3) is 0 Å². The quantitative estimate of drug-likeness (QED) is 0.656. The smallest absolute Gasteiger partial charge is 0.234 e. The van der Waals surface area contributed by atoms with Crippen LogP contribution in [0.1, 0.15) is 26.7 Å². The number of carbonyl (C=O) groups is 1. The number of hydrogen-bond acceptors (Lipinski definition) is 2. The lowest BCUT2D eigenvalue weighted by molar-refractivity contribution is -0.122. The van der Waals surface area contributed by atoms with Crippen LogP contribution < -0.4 is 5.73 Å². The van der Waals surface area contributed by atoms with Gasteiger partial charge in [0.1, 0.15) is 0 Å². The number of likely N-dealkylation sites (N-methyl/N-ethyl adjacent to an activating group) is 1. The van der Waals surface area contributed by atoms with Gasteiger partial charge in [-0.1, -0.05) is 19.1 Å². The zero-order chi connectivity index (χ0) is 11.1. The molecule has 0 fully saturated rings. The largest absolute Gasteiger partial charge is 0.368 e. The molecular formula is C11H22N2O. The Morgan fingerprint density at radius 2 is 2.07 bits per heavy atom. The molecule has 82 valence electrons. The van der Waals surface area contributed by atoms with Crippen LogP contribution in [0.5, 0.6) is 0 Å². The van der Waals surface area contributed by atoms with Gasteiger partial charge in [-0.2, -0.15) is 0 Å². The molecule has 0 aromatic heterocycles.